The average molecular weight is 393 g/mol. The van der Waals surface area contributed by atoms with Gasteiger partial charge in [0, 0.05) is 31.4 Å². The van der Waals surface area contributed by atoms with Crippen LogP contribution in [0.3, 0.4) is 0 Å². The highest BCUT2D eigenvalue weighted by molar-refractivity contribution is 5.85. The first-order chi connectivity index (χ1) is 12.6. The molecule has 1 atom stereocenters. The molecule has 2 heterocycles. The van der Waals surface area contributed by atoms with Crippen molar-refractivity contribution in [1.82, 2.24) is 4.90 Å². The Labute approximate surface area is 171 Å². The minimum Gasteiger partial charge on any atom is -0.391 e. The molecule has 1 aliphatic carbocycles. The molecule has 4 rings (SSSR count). The van der Waals surface area contributed by atoms with Crippen molar-refractivity contribution in [3.8, 4) is 0 Å². The summed E-state index contributed by atoms with van der Waals surface area (Å²) in [4.78, 5) is 5.26. The van der Waals surface area contributed by atoms with Crippen molar-refractivity contribution < 1.29 is 5.11 Å². The molecule has 152 valence electrons. The maximum atomic E-state index is 10.9. The fourth-order valence-electron chi connectivity index (χ4n) is 5.93. The smallest absolute Gasteiger partial charge is 0.0789 e. The van der Waals surface area contributed by atoms with Gasteiger partial charge in [0.05, 0.1) is 11.6 Å². The second-order valence-electron chi connectivity index (χ2n) is 9.24. The Balaban J connectivity index is 0.00000210. The highest BCUT2D eigenvalue weighted by atomic mass is 35.5. The lowest BCUT2D eigenvalue weighted by atomic mass is 9.77. The summed E-state index contributed by atoms with van der Waals surface area (Å²) in [5, 5.41) is 10.9. The summed E-state index contributed by atoms with van der Waals surface area (Å²) >= 11 is 0. The molecule has 1 unspecified atom stereocenters. The van der Waals surface area contributed by atoms with Gasteiger partial charge in [-0.3, -0.25) is 0 Å². The second-order valence-corrected chi connectivity index (χ2v) is 9.24. The number of nitrogens with zero attached hydrogens (tertiary/aromatic N) is 2. The number of piperidine rings is 1. The van der Waals surface area contributed by atoms with Crippen LogP contribution in [0, 0.1) is 11.8 Å². The number of hydrogen-bond acceptors (Lipinski definition) is 3. The maximum Gasteiger partial charge on any atom is 0.0789 e. The van der Waals surface area contributed by atoms with Gasteiger partial charge < -0.3 is 14.9 Å². The summed E-state index contributed by atoms with van der Waals surface area (Å²) in [6.07, 6.45) is 8.50. The average Bonchev–Trinajstić information content (AvgIpc) is 2.99. The van der Waals surface area contributed by atoms with E-state index in [1.165, 1.54) is 31.4 Å². The van der Waals surface area contributed by atoms with Crippen molar-refractivity contribution in [3.63, 3.8) is 0 Å². The molecule has 3 nitrogen and oxygen atoms in total. The highest BCUT2D eigenvalue weighted by Gasteiger charge is 2.50. The van der Waals surface area contributed by atoms with Gasteiger partial charge >= 0.3 is 0 Å². The molecule has 3 fully saturated rings. The third-order valence-corrected chi connectivity index (χ3v) is 7.72. The molecule has 1 spiro atoms. The van der Waals surface area contributed by atoms with Crippen molar-refractivity contribution >= 4 is 18.1 Å². The number of para-hydroxylation sites is 1. The molecule has 0 radical (unpaired) electrons. The van der Waals surface area contributed by atoms with E-state index in [0.717, 1.165) is 56.8 Å². The van der Waals surface area contributed by atoms with Gasteiger partial charge in [-0.2, -0.15) is 0 Å². The van der Waals surface area contributed by atoms with Crippen LogP contribution in [0.15, 0.2) is 30.3 Å². The van der Waals surface area contributed by atoms with Gasteiger partial charge in [-0.05, 0) is 68.9 Å². The van der Waals surface area contributed by atoms with E-state index in [4.69, 9.17) is 0 Å². The SMILES string of the molecule is CC(C)[C@H]1CC[C@H](N2CCC3(CC2)C(O)CCN3c2ccccc2)CC1.Cl. The minimum absolute atomic E-state index is 0. The zero-order valence-corrected chi connectivity index (χ0v) is 17.8. The molecule has 0 amide bonds. The maximum absolute atomic E-state index is 10.9. The largest absolute Gasteiger partial charge is 0.391 e. The molecule has 2 saturated heterocycles. The lowest BCUT2D eigenvalue weighted by Crippen LogP contribution is -2.59. The fraction of sp³-hybridized carbons (Fsp3) is 0.739. The third kappa shape index (κ3) is 4.02. The Bertz CT molecular complexity index is 577. The number of aliphatic hydroxyl groups is 1. The first-order valence-electron chi connectivity index (χ1n) is 10.8. The Hall–Kier alpha value is -0.770. The number of rotatable bonds is 3. The standard InChI is InChI=1S/C23H36N2O.ClH/c1-18(2)19-8-10-20(11-9-19)24-16-13-23(14-17-24)22(26)12-15-25(23)21-6-4-3-5-7-21;/h3-7,18-20,22,26H,8-17H2,1-2H3;1H/t19-,20-,22?;. The highest BCUT2D eigenvalue weighted by Crippen LogP contribution is 2.43. The molecule has 27 heavy (non-hydrogen) atoms. The summed E-state index contributed by atoms with van der Waals surface area (Å²) < 4.78 is 0. The first kappa shape index (κ1) is 21.0. The predicted molar refractivity (Wildman–Crippen MR) is 116 cm³/mol. The summed E-state index contributed by atoms with van der Waals surface area (Å²) in [5.74, 6) is 1.78. The van der Waals surface area contributed by atoms with Gasteiger partial charge in [-0.25, -0.2) is 0 Å². The Kier molecular flexibility index (Phi) is 6.76. The second kappa shape index (κ2) is 8.71. The molecule has 1 aromatic rings. The third-order valence-electron chi connectivity index (χ3n) is 7.72. The zero-order chi connectivity index (χ0) is 18.1. The molecule has 0 aromatic heterocycles. The number of hydrogen-bond donors (Lipinski definition) is 1. The van der Waals surface area contributed by atoms with Crippen LogP contribution in [0.2, 0.25) is 0 Å². The molecule has 1 N–H and O–H groups in total. The monoisotopic (exact) mass is 392 g/mol. The number of halogens is 1. The van der Waals surface area contributed by atoms with E-state index in [-0.39, 0.29) is 24.0 Å². The normalized spacial score (nSPS) is 31.3. The fourth-order valence-corrected chi connectivity index (χ4v) is 5.93. The first-order valence-corrected chi connectivity index (χ1v) is 10.8. The van der Waals surface area contributed by atoms with E-state index in [1.807, 2.05) is 0 Å². The van der Waals surface area contributed by atoms with E-state index in [1.54, 1.807) is 0 Å². The topological polar surface area (TPSA) is 26.7 Å². The Morgan fingerprint density at radius 1 is 0.926 bits per heavy atom. The van der Waals surface area contributed by atoms with Gasteiger partial charge in [0.25, 0.3) is 0 Å². The quantitative estimate of drug-likeness (QED) is 0.805. The van der Waals surface area contributed by atoms with E-state index in [9.17, 15) is 5.11 Å². The van der Waals surface area contributed by atoms with Crippen molar-refractivity contribution in [2.75, 3.05) is 24.5 Å². The van der Waals surface area contributed by atoms with E-state index in [2.05, 4.69) is 54.0 Å². The Morgan fingerprint density at radius 2 is 1.56 bits per heavy atom. The molecular formula is C23H37ClN2O. The number of aliphatic hydroxyl groups excluding tert-OH is 1. The van der Waals surface area contributed by atoms with Crippen LogP contribution in [0.4, 0.5) is 5.69 Å². The lowest BCUT2D eigenvalue weighted by molar-refractivity contribution is 0.0290. The van der Waals surface area contributed by atoms with Crippen molar-refractivity contribution in [1.29, 1.82) is 0 Å². The van der Waals surface area contributed by atoms with Gasteiger partial charge in [0.2, 0.25) is 0 Å². The van der Waals surface area contributed by atoms with E-state index in [0.29, 0.717) is 0 Å². The Morgan fingerprint density at radius 3 is 2.15 bits per heavy atom. The molecule has 4 heteroatoms. The summed E-state index contributed by atoms with van der Waals surface area (Å²) in [6, 6.07) is 11.5. The molecule has 3 aliphatic rings. The van der Waals surface area contributed by atoms with E-state index < -0.39 is 0 Å². The lowest BCUT2D eigenvalue weighted by Gasteiger charge is -2.50. The van der Waals surface area contributed by atoms with Crippen LogP contribution in [0.25, 0.3) is 0 Å². The summed E-state index contributed by atoms with van der Waals surface area (Å²) in [6.45, 7) is 8.06. The van der Waals surface area contributed by atoms with Crippen LogP contribution in [0.5, 0.6) is 0 Å². The van der Waals surface area contributed by atoms with Crippen LogP contribution in [0.1, 0.15) is 58.8 Å². The van der Waals surface area contributed by atoms with Crippen molar-refractivity contribution in [2.24, 2.45) is 11.8 Å². The van der Waals surface area contributed by atoms with Crippen LogP contribution in [-0.4, -0.2) is 47.3 Å². The minimum atomic E-state index is -0.179. The number of anilines is 1. The molecule has 1 saturated carbocycles. The molecule has 1 aromatic carbocycles. The van der Waals surface area contributed by atoms with Gasteiger partial charge in [0.15, 0.2) is 0 Å². The van der Waals surface area contributed by atoms with Gasteiger partial charge in [-0.15, -0.1) is 12.4 Å². The summed E-state index contributed by atoms with van der Waals surface area (Å²) in [7, 11) is 0. The summed E-state index contributed by atoms with van der Waals surface area (Å²) in [5.41, 5.74) is 1.25. The number of likely N-dealkylation sites (tertiary alicyclic amines) is 1. The van der Waals surface area contributed by atoms with Gasteiger partial charge in [0.1, 0.15) is 0 Å². The number of benzene rings is 1. The van der Waals surface area contributed by atoms with Crippen LogP contribution >= 0.6 is 12.4 Å². The molecule has 2 aliphatic heterocycles. The van der Waals surface area contributed by atoms with Crippen LogP contribution < -0.4 is 4.90 Å². The zero-order valence-electron chi connectivity index (χ0n) is 17.0. The van der Waals surface area contributed by atoms with Crippen molar-refractivity contribution in [3.05, 3.63) is 30.3 Å². The van der Waals surface area contributed by atoms with Crippen molar-refractivity contribution in [2.45, 2.75) is 76.5 Å². The van der Waals surface area contributed by atoms with E-state index >= 15 is 0 Å². The molecule has 0 bridgehead atoms. The van der Waals surface area contributed by atoms with Gasteiger partial charge in [-0.1, -0.05) is 32.0 Å². The predicted octanol–water partition coefficient (Wildman–Crippen LogP) is 4.73. The van der Waals surface area contributed by atoms with Crippen LogP contribution in [-0.2, 0) is 0 Å². The molecular weight excluding hydrogens is 356 g/mol.